The van der Waals surface area contributed by atoms with Crippen molar-refractivity contribution in [1.29, 1.82) is 0 Å². The molecular formula is C15H16N4O2. The van der Waals surface area contributed by atoms with Gasteiger partial charge in [0, 0.05) is 12.1 Å². The van der Waals surface area contributed by atoms with Crippen LogP contribution in [0.2, 0.25) is 0 Å². The van der Waals surface area contributed by atoms with E-state index in [2.05, 4.69) is 21.1 Å². The first-order valence-electron chi connectivity index (χ1n) is 6.67. The number of amidine groups is 1. The topological polar surface area (TPSA) is 84.0 Å². The Balaban J connectivity index is 1.84. The van der Waals surface area contributed by atoms with Gasteiger partial charge in [-0.3, -0.25) is 4.98 Å². The van der Waals surface area contributed by atoms with Gasteiger partial charge in [-0.1, -0.05) is 23.4 Å². The Hall–Kier alpha value is -2.76. The fourth-order valence-electron chi connectivity index (χ4n) is 2.32. The molecule has 0 saturated carbocycles. The Labute approximate surface area is 122 Å². The number of para-hydroxylation sites is 1. The monoisotopic (exact) mass is 284 g/mol. The summed E-state index contributed by atoms with van der Waals surface area (Å²) >= 11 is 0. The molecule has 6 nitrogen and oxygen atoms in total. The maximum absolute atomic E-state index is 8.65. The molecule has 108 valence electrons. The Morgan fingerprint density at radius 3 is 2.90 bits per heavy atom. The minimum Gasteiger partial charge on any atom is -0.491 e. The molecule has 3 N–H and O–H groups in total. The molecule has 1 aliphatic heterocycles. The summed E-state index contributed by atoms with van der Waals surface area (Å²) in [6, 6.07) is 11.7. The number of benzene rings is 1. The number of pyridine rings is 1. The van der Waals surface area contributed by atoms with Crippen molar-refractivity contribution in [2.75, 3.05) is 18.1 Å². The van der Waals surface area contributed by atoms with Crippen LogP contribution in [0.15, 0.2) is 47.8 Å². The average Bonchev–Trinajstić information content (AvgIpc) is 2.76. The molecule has 0 spiro atoms. The molecule has 2 heterocycles. The molecule has 0 unspecified atom stereocenters. The van der Waals surface area contributed by atoms with Crippen LogP contribution in [0.25, 0.3) is 0 Å². The number of nitrogens with two attached hydrogens (primary N) is 1. The highest BCUT2D eigenvalue weighted by atomic mass is 16.5. The molecule has 0 bridgehead atoms. The van der Waals surface area contributed by atoms with Gasteiger partial charge in [0.1, 0.15) is 18.1 Å². The lowest BCUT2D eigenvalue weighted by Gasteiger charge is -2.21. The number of fused-ring (bicyclic) bond motifs is 1. The summed E-state index contributed by atoms with van der Waals surface area (Å²) in [7, 11) is 0. The molecule has 21 heavy (non-hydrogen) atoms. The Morgan fingerprint density at radius 1 is 1.29 bits per heavy atom. The predicted octanol–water partition coefficient (Wildman–Crippen LogP) is 1.58. The summed E-state index contributed by atoms with van der Waals surface area (Å²) < 4.78 is 5.75. The summed E-state index contributed by atoms with van der Waals surface area (Å²) in [5.74, 6) is 0.937. The van der Waals surface area contributed by atoms with Crippen molar-refractivity contribution in [3.8, 4) is 5.75 Å². The molecule has 1 aromatic heterocycles. The molecule has 3 rings (SSSR count). The minimum atomic E-state index is 0.00564. The van der Waals surface area contributed by atoms with E-state index >= 15 is 0 Å². The van der Waals surface area contributed by atoms with Crippen LogP contribution in [0, 0.1) is 0 Å². The first-order chi connectivity index (χ1) is 10.3. The predicted molar refractivity (Wildman–Crippen MR) is 79.7 cm³/mol. The zero-order valence-corrected chi connectivity index (χ0v) is 11.4. The fraction of sp³-hybridized carbons (Fsp3) is 0.200. The molecule has 6 heteroatoms. The standard InChI is InChI=1S/C15H16N4O2/c16-15(18-20)13-6-5-12(9-17-13)19-7-8-21-14-4-2-1-3-11(14)10-19/h1-6,9,20H,7-8,10H2,(H2,16,18). The maximum atomic E-state index is 8.65. The zero-order chi connectivity index (χ0) is 14.7. The van der Waals surface area contributed by atoms with Crippen molar-refractivity contribution in [3.63, 3.8) is 0 Å². The third kappa shape index (κ3) is 2.74. The van der Waals surface area contributed by atoms with Crippen LogP contribution < -0.4 is 15.4 Å². The highest BCUT2D eigenvalue weighted by molar-refractivity contribution is 5.95. The minimum absolute atomic E-state index is 0.00564. The van der Waals surface area contributed by atoms with Crippen molar-refractivity contribution in [1.82, 2.24) is 4.98 Å². The van der Waals surface area contributed by atoms with Crippen LogP contribution in [-0.4, -0.2) is 29.2 Å². The van der Waals surface area contributed by atoms with Crippen LogP contribution in [-0.2, 0) is 6.54 Å². The van der Waals surface area contributed by atoms with E-state index in [1.54, 1.807) is 12.3 Å². The second-order valence-corrected chi connectivity index (χ2v) is 4.76. The van der Waals surface area contributed by atoms with Crippen LogP contribution in [0.4, 0.5) is 5.69 Å². The van der Waals surface area contributed by atoms with Gasteiger partial charge in [0.25, 0.3) is 0 Å². The molecule has 0 aliphatic carbocycles. The third-order valence-corrected chi connectivity index (χ3v) is 3.44. The van der Waals surface area contributed by atoms with Gasteiger partial charge < -0.3 is 20.6 Å². The Bertz CT molecular complexity index is 655. The van der Waals surface area contributed by atoms with E-state index in [4.69, 9.17) is 15.7 Å². The number of ether oxygens (including phenoxy) is 1. The zero-order valence-electron chi connectivity index (χ0n) is 11.4. The highest BCUT2D eigenvalue weighted by Crippen LogP contribution is 2.25. The van der Waals surface area contributed by atoms with E-state index in [1.807, 2.05) is 24.3 Å². The van der Waals surface area contributed by atoms with Crippen molar-refractivity contribution < 1.29 is 9.94 Å². The van der Waals surface area contributed by atoms with Crippen molar-refractivity contribution in [2.24, 2.45) is 10.9 Å². The van der Waals surface area contributed by atoms with E-state index < -0.39 is 0 Å². The summed E-state index contributed by atoms with van der Waals surface area (Å²) in [5.41, 5.74) is 8.09. The quantitative estimate of drug-likeness (QED) is 0.378. The van der Waals surface area contributed by atoms with Crippen molar-refractivity contribution >= 4 is 11.5 Å². The lowest BCUT2D eigenvalue weighted by atomic mass is 10.2. The van der Waals surface area contributed by atoms with Gasteiger partial charge in [0.15, 0.2) is 5.84 Å². The number of nitrogens with zero attached hydrogens (tertiary/aromatic N) is 3. The lowest BCUT2D eigenvalue weighted by Crippen LogP contribution is -2.25. The van der Waals surface area contributed by atoms with Crippen LogP contribution in [0.1, 0.15) is 11.3 Å². The smallest absolute Gasteiger partial charge is 0.188 e. The molecule has 0 radical (unpaired) electrons. The number of aromatic nitrogens is 1. The maximum Gasteiger partial charge on any atom is 0.188 e. The van der Waals surface area contributed by atoms with E-state index in [9.17, 15) is 0 Å². The fourth-order valence-corrected chi connectivity index (χ4v) is 2.32. The second kappa shape index (κ2) is 5.70. The second-order valence-electron chi connectivity index (χ2n) is 4.76. The highest BCUT2D eigenvalue weighted by Gasteiger charge is 2.15. The number of hydrogen-bond donors (Lipinski definition) is 2. The first-order valence-corrected chi connectivity index (χ1v) is 6.67. The molecule has 0 saturated heterocycles. The Kier molecular flexibility index (Phi) is 3.59. The third-order valence-electron chi connectivity index (χ3n) is 3.44. The van der Waals surface area contributed by atoms with Crippen LogP contribution in [0.3, 0.4) is 0 Å². The van der Waals surface area contributed by atoms with Gasteiger partial charge in [-0.05, 0) is 18.2 Å². The van der Waals surface area contributed by atoms with Gasteiger partial charge in [-0.15, -0.1) is 0 Å². The van der Waals surface area contributed by atoms with E-state index in [0.29, 0.717) is 12.3 Å². The Morgan fingerprint density at radius 2 is 2.14 bits per heavy atom. The number of oxime groups is 1. The van der Waals surface area contributed by atoms with Crippen LogP contribution >= 0.6 is 0 Å². The van der Waals surface area contributed by atoms with E-state index in [0.717, 1.165) is 30.1 Å². The average molecular weight is 284 g/mol. The number of hydrogen-bond acceptors (Lipinski definition) is 5. The molecule has 0 amide bonds. The summed E-state index contributed by atoms with van der Waals surface area (Å²) in [5, 5.41) is 11.6. The van der Waals surface area contributed by atoms with E-state index in [1.165, 1.54) is 0 Å². The lowest BCUT2D eigenvalue weighted by molar-refractivity contribution is 0.318. The van der Waals surface area contributed by atoms with Crippen molar-refractivity contribution in [2.45, 2.75) is 6.54 Å². The van der Waals surface area contributed by atoms with Gasteiger partial charge in [-0.25, -0.2) is 0 Å². The molecule has 2 aromatic rings. The first kappa shape index (κ1) is 13.2. The summed E-state index contributed by atoms with van der Waals surface area (Å²) in [4.78, 5) is 6.40. The normalized spacial score (nSPS) is 15.0. The van der Waals surface area contributed by atoms with Gasteiger partial charge >= 0.3 is 0 Å². The molecular weight excluding hydrogens is 268 g/mol. The van der Waals surface area contributed by atoms with Crippen molar-refractivity contribution in [3.05, 3.63) is 53.9 Å². The molecule has 1 aromatic carbocycles. The molecule has 0 fully saturated rings. The van der Waals surface area contributed by atoms with Gasteiger partial charge in [-0.2, -0.15) is 0 Å². The number of anilines is 1. The molecule has 1 aliphatic rings. The number of rotatable bonds is 2. The van der Waals surface area contributed by atoms with Gasteiger partial charge in [0.05, 0.1) is 18.4 Å². The molecule has 0 atom stereocenters. The van der Waals surface area contributed by atoms with Gasteiger partial charge in [0.2, 0.25) is 0 Å². The van der Waals surface area contributed by atoms with E-state index in [-0.39, 0.29) is 5.84 Å². The summed E-state index contributed by atoms with van der Waals surface area (Å²) in [6.07, 6.45) is 1.72. The largest absolute Gasteiger partial charge is 0.491 e. The summed E-state index contributed by atoms with van der Waals surface area (Å²) in [6.45, 7) is 2.17. The van der Waals surface area contributed by atoms with Crippen LogP contribution in [0.5, 0.6) is 5.75 Å². The SMILES string of the molecule is N/C(=N/O)c1ccc(N2CCOc3ccccc3C2)cn1.